The van der Waals surface area contributed by atoms with Gasteiger partial charge in [-0.25, -0.2) is 0 Å². The van der Waals surface area contributed by atoms with Crippen molar-refractivity contribution in [3.05, 3.63) is 29.3 Å². The summed E-state index contributed by atoms with van der Waals surface area (Å²) < 4.78 is 0. The zero-order valence-corrected chi connectivity index (χ0v) is 14.0. The smallest absolute Gasteiger partial charge is 0.303 e. The van der Waals surface area contributed by atoms with Crippen LogP contribution in [0.4, 0.5) is 5.69 Å². The van der Waals surface area contributed by atoms with Gasteiger partial charge in [-0.1, -0.05) is 6.07 Å². The van der Waals surface area contributed by atoms with Gasteiger partial charge in [-0.2, -0.15) is 0 Å². The molecule has 1 saturated heterocycles. The number of benzene rings is 1. The predicted molar refractivity (Wildman–Crippen MR) is 88.6 cm³/mol. The molecule has 10 nitrogen and oxygen atoms in total. The molecule has 0 aromatic heterocycles. The molecular weight excluding hydrogens is 358 g/mol. The third-order valence-electron chi connectivity index (χ3n) is 4.31. The molecule has 2 heterocycles. The lowest BCUT2D eigenvalue weighted by atomic mass is 10.0. The molecular formula is C17H15N3O7. The predicted octanol–water partition coefficient (Wildman–Crippen LogP) is -0.109. The fraction of sp³-hybridized carbons (Fsp3) is 0.294. The third-order valence-corrected chi connectivity index (χ3v) is 4.31. The van der Waals surface area contributed by atoms with E-state index in [0.717, 1.165) is 4.90 Å². The maximum atomic E-state index is 12.8. The summed E-state index contributed by atoms with van der Waals surface area (Å²) in [4.78, 5) is 72.0. The van der Waals surface area contributed by atoms with Gasteiger partial charge in [0.05, 0.1) is 23.2 Å². The summed E-state index contributed by atoms with van der Waals surface area (Å²) in [6.45, 7) is 0. The summed E-state index contributed by atoms with van der Waals surface area (Å²) in [6.07, 6.45) is -0.646. The van der Waals surface area contributed by atoms with Crippen molar-refractivity contribution in [3.63, 3.8) is 0 Å². The highest BCUT2D eigenvalue weighted by Crippen LogP contribution is 2.32. The van der Waals surface area contributed by atoms with Crippen LogP contribution in [0.15, 0.2) is 18.2 Å². The van der Waals surface area contributed by atoms with Gasteiger partial charge >= 0.3 is 5.97 Å². The molecule has 5 amide bonds. The highest BCUT2D eigenvalue weighted by atomic mass is 16.4. The van der Waals surface area contributed by atoms with Crippen LogP contribution in [-0.2, 0) is 19.2 Å². The molecule has 1 atom stereocenters. The third kappa shape index (κ3) is 3.41. The topological polar surface area (TPSA) is 150 Å². The second kappa shape index (κ2) is 6.98. The lowest BCUT2D eigenvalue weighted by Crippen LogP contribution is -2.54. The van der Waals surface area contributed by atoms with Gasteiger partial charge in [0.1, 0.15) is 6.04 Å². The molecule has 1 unspecified atom stereocenters. The number of anilines is 1. The van der Waals surface area contributed by atoms with Gasteiger partial charge in [-0.15, -0.1) is 0 Å². The molecule has 140 valence electrons. The van der Waals surface area contributed by atoms with Crippen molar-refractivity contribution in [1.29, 1.82) is 0 Å². The summed E-state index contributed by atoms with van der Waals surface area (Å²) in [5, 5.41) is 13.2. The molecule has 1 fully saturated rings. The number of fused-ring (bicyclic) bond motifs is 1. The van der Waals surface area contributed by atoms with Crippen molar-refractivity contribution in [3.8, 4) is 0 Å². The van der Waals surface area contributed by atoms with Crippen molar-refractivity contribution in [2.24, 2.45) is 0 Å². The van der Waals surface area contributed by atoms with E-state index in [9.17, 15) is 28.8 Å². The number of piperidine rings is 1. The van der Waals surface area contributed by atoms with Crippen LogP contribution in [0.1, 0.15) is 46.4 Å². The fourth-order valence-corrected chi connectivity index (χ4v) is 3.05. The van der Waals surface area contributed by atoms with Crippen LogP contribution in [0.25, 0.3) is 0 Å². The minimum absolute atomic E-state index is 0.00257. The van der Waals surface area contributed by atoms with E-state index in [4.69, 9.17) is 5.11 Å². The van der Waals surface area contributed by atoms with Crippen molar-refractivity contribution >= 4 is 41.2 Å². The van der Waals surface area contributed by atoms with Crippen LogP contribution < -0.4 is 10.6 Å². The zero-order valence-electron chi connectivity index (χ0n) is 14.0. The van der Waals surface area contributed by atoms with E-state index in [1.807, 2.05) is 0 Å². The molecule has 27 heavy (non-hydrogen) atoms. The highest BCUT2D eigenvalue weighted by Gasteiger charge is 2.45. The van der Waals surface area contributed by atoms with Gasteiger partial charge < -0.3 is 10.4 Å². The second-order valence-electron chi connectivity index (χ2n) is 6.12. The van der Waals surface area contributed by atoms with E-state index in [1.165, 1.54) is 18.2 Å². The second-order valence-corrected chi connectivity index (χ2v) is 6.12. The first-order valence-electron chi connectivity index (χ1n) is 8.16. The molecule has 0 saturated carbocycles. The highest BCUT2D eigenvalue weighted by molar-refractivity contribution is 6.26. The molecule has 2 aliphatic rings. The SMILES string of the molecule is O=C(O)CCC(=O)Nc1cccc2c1C(=O)N(C1CCC(=O)NC1=O)C2=O. The number of aliphatic carboxylic acids is 1. The number of rotatable bonds is 5. The van der Waals surface area contributed by atoms with E-state index in [2.05, 4.69) is 10.6 Å². The van der Waals surface area contributed by atoms with Crippen LogP contribution in [0.5, 0.6) is 0 Å². The Labute approximate surface area is 152 Å². The van der Waals surface area contributed by atoms with Crippen LogP contribution >= 0.6 is 0 Å². The number of imide groups is 2. The van der Waals surface area contributed by atoms with Crippen LogP contribution in [0.3, 0.4) is 0 Å². The van der Waals surface area contributed by atoms with Gasteiger partial charge in [0.25, 0.3) is 11.8 Å². The van der Waals surface area contributed by atoms with Crippen molar-refractivity contribution in [1.82, 2.24) is 10.2 Å². The Morgan fingerprint density at radius 1 is 1.15 bits per heavy atom. The quantitative estimate of drug-likeness (QED) is 0.609. The number of amides is 5. The van der Waals surface area contributed by atoms with Gasteiger partial charge in [0, 0.05) is 12.8 Å². The number of hydrogen-bond acceptors (Lipinski definition) is 6. The first kappa shape index (κ1) is 18.2. The number of carboxylic acid groups (broad SMARTS) is 1. The summed E-state index contributed by atoms with van der Waals surface area (Å²) in [7, 11) is 0. The van der Waals surface area contributed by atoms with Gasteiger partial charge in [0.15, 0.2) is 0 Å². The summed E-state index contributed by atoms with van der Waals surface area (Å²) >= 11 is 0. The molecule has 0 aliphatic carbocycles. The Balaban J connectivity index is 1.86. The molecule has 2 aliphatic heterocycles. The largest absolute Gasteiger partial charge is 0.481 e. The van der Waals surface area contributed by atoms with Gasteiger partial charge in [0.2, 0.25) is 17.7 Å². The number of carbonyl (C=O) groups excluding carboxylic acids is 5. The monoisotopic (exact) mass is 373 g/mol. The number of nitrogens with one attached hydrogen (secondary N) is 2. The Kier molecular flexibility index (Phi) is 4.72. The maximum absolute atomic E-state index is 12.8. The summed E-state index contributed by atoms with van der Waals surface area (Å²) in [5.41, 5.74) is 0.0349. The van der Waals surface area contributed by atoms with E-state index in [1.54, 1.807) is 0 Å². The van der Waals surface area contributed by atoms with Gasteiger partial charge in [-0.3, -0.25) is 39.0 Å². The van der Waals surface area contributed by atoms with E-state index < -0.39 is 41.5 Å². The Morgan fingerprint density at radius 3 is 2.56 bits per heavy atom. The molecule has 10 heteroatoms. The van der Waals surface area contributed by atoms with Crippen LogP contribution in [0, 0.1) is 0 Å². The first-order chi connectivity index (χ1) is 12.8. The number of carboxylic acids is 1. The lowest BCUT2D eigenvalue weighted by Gasteiger charge is -2.27. The number of hydrogen-bond donors (Lipinski definition) is 3. The molecule has 0 bridgehead atoms. The first-order valence-corrected chi connectivity index (χ1v) is 8.16. The average molecular weight is 373 g/mol. The Hall–Kier alpha value is -3.56. The molecule has 1 aromatic carbocycles. The normalized spacial score (nSPS) is 19.0. The van der Waals surface area contributed by atoms with Crippen LogP contribution in [-0.4, -0.2) is 51.6 Å². The zero-order chi connectivity index (χ0) is 19.7. The molecule has 0 spiro atoms. The number of carbonyl (C=O) groups is 6. The maximum Gasteiger partial charge on any atom is 0.303 e. The lowest BCUT2D eigenvalue weighted by molar-refractivity contribution is -0.138. The number of nitrogens with zero attached hydrogens (tertiary/aromatic N) is 1. The molecule has 3 N–H and O–H groups in total. The standard InChI is InChI=1S/C17H15N3O7/c21-11(6-7-13(23)24)18-9-3-1-2-8-14(9)17(27)20(16(8)26)10-4-5-12(22)19-15(10)25/h1-3,10H,4-7H2,(H,18,21)(H,23,24)(H,19,22,25). The van der Waals surface area contributed by atoms with E-state index >= 15 is 0 Å². The van der Waals surface area contributed by atoms with E-state index in [0.29, 0.717) is 0 Å². The minimum atomic E-state index is -1.14. The minimum Gasteiger partial charge on any atom is -0.481 e. The van der Waals surface area contributed by atoms with Crippen LogP contribution in [0.2, 0.25) is 0 Å². The summed E-state index contributed by atoms with van der Waals surface area (Å²) in [6, 6.07) is 3.17. The average Bonchev–Trinajstić information content (AvgIpc) is 2.86. The molecule has 3 rings (SSSR count). The molecule has 1 aromatic rings. The van der Waals surface area contributed by atoms with Crippen molar-refractivity contribution in [2.45, 2.75) is 31.7 Å². The Bertz CT molecular complexity index is 893. The fourth-order valence-electron chi connectivity index (χ4n) is 3.05. The molecule has 0 radical (unpaired) electrons. The summed E-state index contributed by atoms with van der Waals surface area (Å²) in [5.74, 6) is -4.40. The Morgan fingerprint density at radius 2 is 1.89 bits per heavy atom. The van der Waals surface area contributed by atoms with Crippen molar-refractivity contribution in [2.75, 3.05) is 5.32 Å². The van der Waals surface area contributed by atoms with E-state index in [-0.39, 0.29) is 42.5 Å². The van der Waals surface area contributed by atoms with Crippen molar-refractivity contribution < 1.29 is 33.9 Å². The van der Waals surface area contributed by atoms with Gasteiger partial charge in [-0.05, 0) is 18.6 Å².